The molecule has 1 saturated heterocycles. The maximum Gasteiger partial charge on any atom is 0.460 e. The van der Waals surface area contributed by atoms with Crippen molar-refractivity contribution in [3.8, 4) is 5.75 Å². The highest BCUT2D eigenvalue weighted by atomic mass is 32.2. The highest BCUT2D eigenvalue weighted by Crippen LogP contribution is 2.71. The number of ether oxygens (including phenoxy) is 2. The summed E-state index contributed by atoms with van der Waals surface area (Å²) in [7, 11) is 0. The number of allylic oxidation sites excluding steroid dienone is 1. The lowest BCUT2D eigenvalue weighted by molar-refractivity contribution is -0.382. The smallest absolute Gasteiger partial charge is 0.396 e. The average Bonchev–Trinajstić information content (AvgIpc) is 3.35. The molecule has 0 aromatic heterocycles. The molecule has 0 radical (unpaired) electrons. The zero-order chi connectivity index (χ0) is 42.1. The standard InChI is InChI=1S/C35H38F14O6S/c1-25(2)16-53-28(54-17-25)12-9-23-24-20(8-11-27(23,50)15-28)22-10-13-29(51,30(36,37)33(42,43)44)26(22,3)14-21(24)18-4-6-19(7-5-18)55-56(52)35(48,49)32(40,41)31(38,39)34(45,46)47/h4-7,20-22,50-51H,8-17H2,1-3H3/t20?,21-,22?,26+,27-,29+,56?/m1/s1. The van der Waals surface area contributed by atoms with Crippen LogP contribution in [0.4, 0.5) is 61.5 Å². The SMILES string of the molecule is CC1(C)COC2(CCC3=C4C(CC[C@@]3(O)C2)C2CC[C@@](O)(C(F)(F)C(F)(F)F)[C@@]2(C)C[C@@H]4c2ccc(OS(=O)C(F)(F)C(F)(F)C(F)(F)C(F)(F)F)cc2)OC1. The van der Waals surface area contributed by atoms with Crippen molar-refractivity contribution in [2.75, 3.05) is 13.2 Å². The molecule has 318 valence electrons. The molecule has 1 aliphatic heterocycles. The first-order chi connectivity index (χ1) is 25.2. The molecule has 56 heavy (non-hydrogen) atoms. The molecule has 6 rings (SSSR count). The van der Waals surface area contributed by atoms with Gasteiger partial charge >= 0.3 is 35.4 Å². The number of rotatable bonds is 7. The number of hydrogen-bond acceptors (Lipinski definition) is 6. The van der Waals surface area contributed by atoms with Crippen molar-refractivity contribution >= 4 is 11.1 Å². The van der Waals surface area contributed by atoms with Crippen LogP contribution in [-0.2, 0) is 20.6 Å². The molecule has 0 amide bonds. The van der Waals surface area contributed by atoms with E-state index in [0.717, 1.165) is 19.1 Å². The molecular weight excluding hydrogens is 814 g/mol. The predicted octanol–water partition coefficient (Wildman–Crippen LogP) is 9.38. The second-order valence-corrected chi connectivity index (χ2v) is 17.9. The Morgan fingerprint density at radius 2 is 1.34 bits per heavy atom. The third kappa shape index (κ3) is 6.19. The first kappa shape index (κ1) is 43.4. The van der Waals surface area contributed by atoms with Gasteiger partial charge in [-0.05, 0) is 73.6 Å². The number of fused-ring (bicyclic) bond motifs is 4. The van der Waals surface area contributed by atoms with Crippen molar-refractivity contribution in [1.82, 2.24) is 0 Å². The first-order valence-electron chi connectivity index (χ1n) is 17.5. The number of halogens is 14. The summed E-state index contributed by atoms with van der Waals surface area (Å²) < 4.78 is 222. The van der Waals surface area contributed by atoms with Gasteiger partial charge in [-0.15, -0.1) is 0 Å². The summed E-state index contributed by atoms with van der Waals surface area (Å²) in [5, 5.41) is 17.1. The van der Waals surface area contributed by atoms with E-state index in [0.29, 0.717) is 36.5 Å². The maximum atomic E-state index is 15.3. The minimum atomic E-state index is -7.34. The predicted molar refractivity (Wildman–Crippen MR) is 167 cm³/mol. The second-order valence-electron chi connectivity index (χ2n) is 16.7. The molecule has 2 N–H and O–H groups in total. The van der Waals surface area contributed by atoms with E-state index in [-0.39, 0.29) is 49.5 Å². The largest absolute Gasteiger partial charge is 0.460 e. The molecule has 6 nitrogen and oxygen atoms in total. The fourth-order valence-corrected chi connectivity index (χ4v) is 10.4. The summed E-state index contributed by atoms with van der Waals surface area (Å²) in [6.07, 6.45) is -14.8. The number of alkyl halides is 14. The van der Waals surface area contributed by atoms with Crippen LogP contribution in [0.2, 0.25) is 0 Å². The Labute approximate surface area is 313 Å². The maximum absolute atomic E-state index is 15.3. The van der Waals surface area contributed by atoms with Crippen LogP contribution in [0.15, 0.2) is 35.4 Å². The average molecular weight is 853 g/mol. The molecule has 1 spiro atoms. The fourth-order valence-electron chi connectivity index (χ4n) is 9.67. The summed E-state index contributed by atoms with van der Waals surface area (Å²) in [6.45, 7) is 5.51. The van der Waals surface area contributed by atoms with Gasteiger partial charge in [-0.1, -0.05) is 38.5 Å². The quantitative estimate of drug-likeness (QED) is 0.210. The summed E-state index contributed by atoms with van der Waals surface area (Å²) in [4.78, 5) is 0. The van der Waals surface area contributed by atoms with Crippen molar-refractivity contribution in [2.45, 2.75) is 130 Å². The number of benzene rings is 1. The number of aliphatic hydroxyl groups is 2. The van der Waals surface area contributed by atoms with Crippen LogP contribution in [-0.4, -0.2) is 80.0 Å². The second kappa shape index (κ2) is 12.9. The Balaban J connectivity index is 1.39. The van der Waals surface area contributed by atoms with E-state index in [2.05, 4.69) is 4.18 Å². The van der Waals surface area contributed by atoms with Crippen LogP contribution in [0.5, 0.6) is 5.75 Å². The molecule has 0 bridgehead atoms. The topological polar surface area (TPSA) is 85.2 Å². The third-order valence-electron chi connectivity index (χ3n) is 12.7. The zero-order valence-corrected chi connectivity index (χ0v) is 30.7. The Morgan fingerprint density at radius 3 is 1.88 bits per heavy atom. The monoisotopic (exact) mass is 852 g/mol. The molecule has 5 aliphatic rings. The van der Waals surface area contributed by atoms with Crippen LogP contribution < -0.4 is 4.18 Å². The summed E-state index contributed by atoms with van der Waals surface area (Å²) in [6, 6.07) is 3.35. The van der Waals surface area contributed by atoms with Gasteiger partial charge in [0.05, 0.1) is 18.8 Å². The highest BCUT2D eigenvalue weighted by Gasteiger charge is 2.84. The Bertz CT molecular complexity index is 1750. The van der Waals surface area contributed by atoms with Crippen LogP contribution >= 0.6 is 0 Å². The van der Waals surface area contributed by atoms with Crippen molar-refractivity contribution in [3.63, 3.8) is 0 Å². The van der Waals surface area contributed by atoms with E-state index in [1.54, 1.807) is 0 Å². The van der Waals surface area contributed by atoms with E-state index in [1.807, 2.05) is 13.8 Å². The fraction of sp³-hybridized carbons (Fsp3) is 0.771. The third-order valence-corrected chi connectivity index (χ3v) is 13.7. The lowest BCUT2D eigenvalue weighted by Gasteiger charge is -2.59. The Hall–Kier alpha value is -2.23. The zero-order valence-electron chi connectivity index (χ0n) is 29.8. The van der Waals surface area contributed by atoms with E-state index < -0.39 is 105 Å². The van der Waals surface area contributed by atoms with Crippen molar-refractivity contribution in [1.29, 1.82) is 0 Å². The van der Waals surface area contributed by atoms with Gasteiger partial charge in [0.1, 0.15) is 11.4 Å². The van der Waals surface area contributed by atoms with Crippen LogP contribution in [0.1, 0.15) is 83.6 Å². The normalized spacial score (nSPS) is 34.4. The van der Waals surface area contributed by atoms with Crippen LogP contribution in [0.3, 0.4) is 0 Å². The molecule has 7 atom stereocenters. The van der Waals surface area contributed by atoms with Gasteiger partial charge in [-0.2, -0.15) is 61.5 Å². The first-order valence-corrected chi connectivity index (χ1v) is 18.6. The molecule has 1 heterocycles. The van der Waals surface area contributed by atoms with Gasteiger partial charge in [0.2, 0.25) is 0 Å². The van der Waals surface area contributed by atoms with E-state index in [1.165, 1.54) is 0 Å². The molecule has 1 aromatic rings. The molecule has 4 fully saturated rings. The molecule has 21 heteroatoms. The molecular formula is C35H38F14O6S. The van der Waals surface area contributed by atoms with E-state index in [9.17, 15) is 67.1 Å². The van der Waals surface area contributed by atoms with Crippen LogP contribution in [0.25, 0.3) is 0 Å². The molecule has 3 saturated carbocycles. The van der Waals surface area contributed by atoms with Crippen molar-refractivity contribution < 1.29 is 89.5 Å². The molecule has 1 aromatic carbocycles. The van der Waals surface area contributed by atoms with Gasteiger partial charge in [-0.25, -0.2) is 4.21 Å². The van der Waals surface area contributed by atoms with Crippen molar-refractivity contribution in [3.05, 3.63) is 41.0 Å². The van der Waals surface area contributed by atoms with Crippen LogP contribution in [0, 0.1) is 22.7 Å². The van der Waals surface area contributed by atoms with E-state index >= 15 is 8.78 Å². The van der Waals surface area contributed by atoms with E-state index in [4.69, 9.17) is 9.47 Å². The van der Waals surface area contributed by atoms with Gasteiger partial charge < -0.3 is 23.9 Å². The summed E-state index contributed by atoms with van der Waals surface area (Å²) >= 11 is -4.86. The van der Waals surface area contributed by atoms with Gasteiger partial charge in [0.25, 0.3) is 11.1 Å². The molecule has 3 unspecified atom stereocenters. The lowest BCUT2D eigenvalue weighted by atomic mass is 9.49. The van der Waals surface area contributed by atoms with Crippen molar-refractivity contribution in [2.24, 2.45) is 22.7 Å². The molecule has 4 aliphatic carbocycles. The minimum absolute atomic E-state index is 0.0204. The summed E-state index contributed by atoms with van der Waals surface area (Å²) in [5.74, 6) is -25.3. The Kier molecular flexibility index (Phi) is 9.97. The lowest BCUT2D eigenvalue weighted by Crippen LogP contribution is -2.65. The summed E-state index contributed by atoms with van der Waals surface area (Å²) in [5.41, 5.74) is -6.78. The Morgan fingerprint density at radius 1 is 0.768 bits per heavy atom. The van der Waals surface area contributed by atoms with Gasteiger partial charge in [0.15, 0.2) is 5.79 Å². The number of hydrogen-bond donors (Lipinski definition) is 2. The minimum Gasteiger partial charge on any atom is -0.396 e. The van der Waals surface area contributed by atoms with Gasteiger partial charge in [-0.3, -0.25) is 0 Å². The van der Waals surface area contributed by atoms with Gasteiger partial charge in [0, 0.05) is 29.6 Å². The highest BCUT2D eigenvalue weighted by molar-refractivity contribution is 7.81.